The maximum absolute atomic E-state index is 12.2. The molecule has 1 amide bonds. The fraction of sp³-hybridized carbons (Fsp3) is 0.500. The molecule has 1 fully saturated rings. The molecule has 0 spiro atoms. The van der Waals surface area contributed by atoms with Crippen LogP contribution in [0.25, 0.3) is 11.3 Å². The normalized spacial score (nSPS) is 20.1. The number of hydrogen-bond acceptors (Lipinski definition) is 4. The molecule has 6 heteroatoms. The highest BCUT2D eigenvalue weighted by Crippen LogP contribution is 2.21. The molecule has 3 rings (SSSR count). The number of piperidine rings is 1. The topological polar surface area (TPSA) is 67.2 Å². The molecule has 1 aliphatic heterocycles. The summed E-state index contributed by atoms with van der Waals surface area (Å²) in [4.78, 5) is 26.8. The van der Waals surface area contributed by atoms with Gasteiger partial charge in [-0.25, -0.2) is 4.68 Å². The number of carbonyl (C=O) groups is 1. The Morgan fingerprint density at radius 3 is 2.50 bits per heavy atom. The van der Waals surface area contributed by atoms with Crippen molar-refractivity contribution < 1.29 is 4.79 Å². The summed E-state index contributed by atoms with van der Waals surface area (Å²) in [6.45, 7) is 6.31. The van der Waals surface area contributed by atoms with Crippen LogP contribution in [0.4, 0.5) is 0 Å². The van der Waals surface area contributed by atoms with Crippen molar-refractivity contribution in [2.24, 2.45) is 0 Å². The quantitative estimate of drug-likeness (QED) is 0.799. The number of nitrogens with zero attached hydrogens (tertiary/aromatic N) is 3. The van der Waals surface area contributed by atoms with E-state index in [0.29, 0.717) is 18.6 Å². The molecule has 0 saturated carbocycles. The van der Waals surface area contributed by atoms with E-state index in [2.05, 4.69) is 29.2 Å². The van der Waals surface area contributed by atoms with Gasteiger partial charge in [0.05, 0.1) is 12.2 Å². The van der Waals surface area contributed by atoms with Gasteiger partial charge in [0, 0.05) is 43.2 Å². The predicted molar refractivity (Wildman–Crippen MR) is 111 cm³/mol. The van der Waals surface area contributed by atoms with E-state index in [0.717, 1.165) is 17.8 Å². The summed E-state index contributed by atoms with van der Waals surface area (Å²) >= 11 is 0. The van der Waals surface area contributed by atoms with Gasteiger partial charge in [0.2, 0.25) is 5.91 Å². The van der Waals surface area contributed by atoms with Crippen LogP contribution in [0.15, 0.2) is 47.3 Å². The molecule has 0 unspecified atom stereocenters. The van der Waals surface area contributed by atoms with Crippen LogP contribution in [-0.2, 0) is 11.3 Å². The van der Waals surface area contributed by atoms with Gasteiger partial charge in [0.25, 0.3) is 5.56 Å². The molecular formula is C22H30N4O2. The minimum absolute atomic E-state index is 0.0453. The summed E-state index contributed by atoms with van der Waals surface area (Å²) < 4.78 is 1.37. The first kappa shape index (κ1) is 20.3. The minimum Gasteiger partial charge on any atom is -0.355 e. The molecule has 1 aromatic carbocycles. The number of nitrogens with one attached hydrogen (secondary N) is 1. The van der Waals surface area contributed by atoms with Crippen LogP contribution in [0.3, 0.4) is 0 Å². The number of hydrogen-bond donors (Lipinski definition) is 1. The Morgan fingerprint density at radius 2 is 1.79 bits per heavy atom. The second-order valence-corrected chi connectivity index (χ2v) is 7.61. The number of amides is 1. The lowest BCUT2D eigenvalue weighted by molar-refractivity contribution is -0.121. The zero-order valence-corrected chi connectivity index (χ0v) is 16.8. The third-order valence-electron chi connectivity index (χ3n) is 5.56. The van der Waals surface area contributed by atoms with Crippen molar-refractivity contribution in [2.75, 3.05) is 13.1 Å². The molecule has 0 radical (unpaired) electrons. The van der Waals surface area contributed by atoms with Crippen molar-refractivity contribution in [3.8, 4) is 11.3 Å². The number of likely N-dealkylation sites (tertiary alicyclic amines) is 1. The first-order valence-corrected chi connectivity index (χ1v) is 10.2. The van der Waals surface area contributed by atoms with Gasteiger partial charge in [0.1, 0.15) is 0 Å². The van der Waals surface area contributed by atoms with Gasteiger partial charge in [-0.05, 0) is 32.8 Å². The molecule has 150 valence electrons. The number of aromatic nitrogens is 2. The molecule has 2 heterocycles. The molecule has 2 aromatic rings. The maximum atomic E-state index is 12.2. The van der Waals surface area contributed by atoms with Gasteiger partial charge in [0.15, 0.2) is 0 Å². The molecule has 28 heavy (non-hydrogen) atoms. The Bertz CT molecular complexity index is 824. The maximum Gasteiger partial charge on any atom is 0.266 e. The molecule has 6 nitrogen and oxygen atoms in total. The number of benzene rings is 1. The average molecular weight is 383 g/mol. The number of carbonyl (C=O) groups excluding carboxylic acids is 1. The van der Waals surface area contributed by atoms with E-state index in [1.807, 2.05) is 30.3 Å². The van der Waals surface area contributed by atoms with Crippen molar-refractivity contribution in [1.82, 2.24) is 20.0 Å². The lowest BCUT2D eigenvalue weighted by Gasteiger charge is -2.39. The van der Waals surface area contributed by atoms with Crippen molar-refractivity contribution in [3.05, 3.63) is 52.8 Å². The van der Waals surface area contributed by atoms with Gasteiger partial charge in [-0.2, -0.15) is 5.10 Å². The van der Waals surface area contributed by atoms with E-state index in [1.165, 1.54) is 30.0 Å². The lowest BCUT2D eigenvalue weighted by Crippen LogP contribution is -2.47. The minimum atomic E-state index is -0.191. The van der Waals surface area contributed by atoms with E-state index in [9.17, 15) is 9.59 Å². The molecule has 1 aliphatic rings. The molecule has 1 saturated heterocycles. The first-order valence-electron chi connectivity index (χ1n) is 10.2. The summed E-state index contributed by atoms with van der Waals surface area (Å²) in [7, 11) is 0. The first-order chi connectivity index (χ1) is 13.5. The SMILES string of the molecule is C[C@@H]1CCC[C@H](C)N1CCNC(=O)CCn1nc(-c2ccccc2)ccc1=O. The van der Waals surface area contributed by atoms with Gasteiger partial charge in [-0.1, -0.05) is 36.8 Å². The molecule has 0 aliphatic carbocycles. The third kappa shape index (κ3) is 5.29. The van der Waals surface area contributed by atoms with Crippen LogP contribution in [-0.4, -0.2) is 45.8 Å². The fourth-order valence-corrected chi connectivity index (χ4v) is 3.91. The van der Waals surface area contributed by atoms with Crippen molar-refractivity contribution in [3.63, 3.8) is 0 Å². The predicted octanol–water partition coefficient (Wildman–Crippen LogP) is 2.68. The average Bonchev–Trinajstić information content (AvgIpc) is 2.70. The molecule has 0 bridgehead atoms. The van der Waals surface area contributed by atoms with E-state index < -0.39 is 0 Å². The molecule has 1 aromatic heterocycles. The van der Waals surface area contributed by atoms with Crippen LogP contribution < -0.4 is 10.9 Å². The van der Waals surface area contributed by atoms with E-state index >= 15 is 0 Å². The second-order valence-electron chi connectivity index (χ2n) is 7.61. The zero-order valence-electron chi connectivity index (χ0n) is 16.8. The lowest BCUT2D eigenvalue weighted by atomic mass is 9.98. The van der Waals surface area contributed by atoms with E-state index in [4.69, 9.17) is 0 Å². The summed E-state index contributed by atoms with van der Waals surface area (Å²) in [5, 5.41) is 7.39. The molecule has 1 N–H and O–H groups in total. The Balaban J connectivity index is 1.50. The molecule has 2 atom stereocenters. The van der Waals surface area contributed by atoms with Gasteiger partial charge < -0.3 is 5.32 Å². The summed E-state index contributed by atoms with van der Waals surface area (Å²) in [6, 6.07) is 14.1. The zero-order chi connectivity index (χ0) is 19.9. The largest absolute Gasteiger partial charge is 0.355 e. The summed E-state index contributed by atoms with van der Waals surface area (Å²) in [6.07, 6.45) is 3.99. The van der Waals surface area contributed by atoms with E-state index in [1.54, 1.807) is 6.07 Å². The fourth-order valence-electron chi connectivity index (χ4n) is 3.91. The summed E-state index contributed by atoms with van der Waals surface area (Å²) in [5.74, 6) is -0.0453. The standard InChI is InChI=1S/C22H30N4O2/c1-17-7-6-8-18(2)25(17)16-14-23-21(27)13-15-26-22(28)12-11-20(24-26)19-9-4-3-5-10-19/h3-5,9-12,17-18H,6-8,13-16H2,1-2H3,(H,23,27)/t17-,18+. The van der Waals surface area contributed by atoms with Crippen LogP contribution in [0, 0.1) is 0 Å². The Hall–Kier alpha value is -2.47. The van der Waals surface area contributed by atoms with Gasteiger partial charge in [-0.3, -0.25) is 14.5 Å². The van der Waals surface area contributed by atoms with Crippen LogP contribution in [0.2, 0.25) is 0 Å². The van der Waals surface area contributed by atoms with Crippen LogP contribution in [0.5, 0.6) is 0 Å². The number of aryl methyl sites for hydroxylation is 1. The van der Waals surface area contributed by atoms with Crippen LogP contribution in [0.1, 0.15) is 39.5 Å². The smallest absolute Gasteiger partial charge is 0.266 e. The summed E-state index contributed by atoms with van der Waals surface area (Å²) in [5.41, 5.74) is 1.49. The van der Waals surface area contributed by atoms with Crippen molar-refractivity contribution in [2.45, 2.75) is 58.2 Å². The monoisotopic (exact) mass is 382 g/mol. The number of rotatable bonds is 7. The Labute approximate surface area is 166 Å². The second kappa shape index (κ2) is 9.64. The van der Waals surface area contributed by atoms with Gasteiger partial charge >= 0.3 is 0 Å². The van der Waals surface area contributed by atoms with Crippen LogP contribution >= 0.6 is 0 Å². The van der Waals surface area contributed by atoms with E-state index in [-0.39, 0.29) is 24.4 Å². The highest BCUT2D eigenvalue weighted by Gasteiger charge is 2.23. The highest BCUT2D eigenvalue weighted by molar-refractivity contribution is 5.75. The Morgan fingerprint density at radius 1 is 1.07 bits per heavy atom. The molecular weight excluding hydrogens is 352 g/mol. The van der Waals surface area contributed by atoms with Crippen molar-refractivity contribution in [1.29, 1.82) is 0 Å². The van der Waals surface area contributed by atoms with Crippen molar-refractivity contribution >= 4 is 5.91 Å². The highest BCUT2D eigenvalue weighted by atomic mass is 16.2. The Kier molecular flexibility index (Phi) is 6.98. The van der Waals surface area contributed by atoms with Gasteiger partial charge in [-0.15, -0.1) is 0 Å². The third-order valence-corrected chi connectivity index (χ3v) is 5.56.